The van der Waals surface area contributed by atoms with E-state index in [2.05, 4.69) is 15.6 Å². The standard InChI is InChI=1S/C24H19ClF3N5O/c1-32-13-30-18-8-7-17(10-19(18)32)33-11-15-4-9-20(29-12-24(26,27)28)31-22(15)21(23(33)34)14-2-5-16(25)6-3-14/h2-11,30H,12-13H2,1H3,(H,29,31). The summed E-state index contributed by atoms with van der Waals surface area (Å²) in [6, 6.07) is 15.5. The Labute approximate surface area is 197 Å². The second-order valence-electron chi connectivity index (χ2n) is 8.02. The number of halogens is 4. The van der Waals surface area contributed by atoms with Crippen molar-refractivity contribution < 1.29 is 13.2 Å². The van der Waals surface area contributed by atoms with Crippen molar-refractivity contribution in [2.24, 2.45) is 0 Å². The van der Waals surface area contributed by atoms with E-state index in [9.17, 15) is 18.0 Å². The number of benzene rings is 2. The summed E-state index contributed by atoms with van der Waals surface area (Å²) in [6.07, 6.45) is -2.74. The first-order valence-electron chi connectivity index (χ1n) is 10.4. The molecule has 2 aromatic carbocycles. The predicted molar refractivity (Wildman–Crippen MR) is 129 cm³/mol. The summed E-state index contributed by atoms with van der Waals surface area (Å²) in [5.74, 6) is 0.0300. The molecule has 0 aliphatic carbocycles. The number of hydrogen-bond donors (Lipinski definition) is 2. The molecule has 0 spiro atoms. The molecule has 174 valence electrons. The second-order valence-corrected chi connectivity index (χ2v) is 8.46. The highest BCUT2D eigenvalue weighted by Gasteiger charge is 2.27. The third-order valence-corrected chi connectivity index (χ3v) is 5.90. The van der Waals surface area contributed by atoms with Crippen LogP contribution < -0.4 is 21.1 Å². The Bertz CT molecular complexity index is 1450. The summed E-state index contributed by atoms with van der Waals surface area (Å²) in [7, 11) is 1.95. The zero-order chi connectivity index (χ0) is 24.0. The lowest BCUT2D eigenvalue weighted by atomic mass is 10.0. The normalized spacial score (nSPS) is 13.1. The monoisotopic (exact) mass is 485 g/mol. The number of rotatable bonds is 4. The fourth-order valence-electron chi connectivity index (χ4n) is 3.98. The number of pyridine rings is 2. The Hall–Kier alpha value is -3.72. The van der Waals surface area contributed by atoms with Gasteiger partial charge >= 0.3 is 6.18 Å². The minimum absolute atomic E-state index is 0.0300. The molecule has 0 amide bonds. The van der Waals surface area contributed by atoms with Crippen LogP contribution in [0.4, 0.5) is 30.4 Å². The Balaban J connectivity index is 1.71. The number of hydrogen-bond acceptors (Lipinski definition) is 5. The van der Waals surface area contributed by atoms with Crippen molar-refractivity contribution in [3.63, 3.8) is 0 Å². The molecule has 0 radical (unpaired) electrons. The van der Waals surface area contributed by atoms with Crippen LogP contribution in [0, 0.1) is 0 Å². The second kappa shape index (κ2) is 8.25. The lowest BCUT2D eigenvalue weighted by molar-refractivity contribution is -0.115. The van der Waals surface area contributed by atoms with Gasteiger partial charge in [-0.1, -0.05) is 23.7 Å². The Morgan fingerprint density at radius 3 is 2.62 bits per heavy atom. The molecule has 2 aromatic heterocycles. The summed E-state index contributed by atoms with van der Waals surface area (Å²) < 4.78 is 39.6. The summed E-state index contributed by atoms with van der Waals surface area (Å²) in [6.45, 7) is -0.561. The predicted octanol–water partition coefficient (Wildman–Crippen LogP) is 5.50. The number of aromatic nitrogens is 2. The molecule has 0 fully saturated rings. The minimum Gasteiger partial charge on any atom is -0.366 e. The molecule has 3 heterocycles. The van der Waals surface area contributed by atoms with Crippen molar-refractivity contribution in [3.05, 3.63) is 76.2 Å². The first-order chi connectivity index (χ1) is 16.2. The van der Waals surface area contributed by atoms with E-state index in [-0.39, 0.29) is 16.9 Å². The van der Waals surface area contributed by atoms with E-state index < -0.39 is 12.7 Å². The molecule has 4 aromatic rings. The summed E-state index contributed by atoms with van der Waals surface area (Å²) in [5.41, 5.74) is 3.39. The quantitative estimate of drug-likeness (QED) is 0.400. The van der Waals surface area contributed by atoms with Crippen molar-refractivity contribution in [1.82, 2.24) is 9.55 Å². The molecule has 6 nitrogen and oxygen atoms in total. The molecule has 0 saturated carbocycles. The smallest absolute Gasteiger partial charge is 0.366 e. The summed E-state index contributed by atoms with van der Waals surface area (Å²) >= 11 is 6.04. The molecule has 0 saturated heterocycles. The van der Waals surface area contributed by atoms with Gasteiger partial charge in [-0.15, -0.1) is 0 Å². The molecular formula is C24H19ClF3N5O. The van der Waals surface area contributed by atoms with Gasteiger partial charge in [0.05, 0.1) is 34.8 Å². The number of alkyl halides is 3. The van der Waals surface area contributed by atoms with Gasteiger partial charge in [0, 0.05) is 23.7 Å². The molecule has 10 heteroatoms. The summed E-state index contributed by atoms with van der Waals surface area (Å²) in [4.78, 5) is 20.1. The molecule has 5 rings (SSSR count). The Morgan fingerprint density at radius 2 is 1.88 bits per heavy atom. The molecular weight excluding hydrogens is 467 g/mol. The van der Waals surface area contributed by atoms with Gasteiger partial charge in [-0.2, -0.15) is 13.2 Å². The zero-order valence-electron chi connectivity index (χ0n) is 17.9. The van der Waals surface area contributed by atoms with E-state index >= 15 is 0 Å². The van der Waals surface area contributed by atoms with Crippen molar-refractivity contribution in [2.45, 2.75) is 6.18 Å². The SMILES string of the molecule is CN1CNc2ccc(-n3cc4ccc(NCC(F)(F)F)nc4c(-c4ccc(Cl)cc4)c3=O)cc21. The number of nitrogens with zero attached hydrogens (tertiary/aromatic N) is 3. The van der Waals surface area contributed by atoms with Gasteiger partial charge in [0.1, 0.15) is 12.4 Å². The minimum atomic E-state index is -4.39. The van der Waals surface area contributed by atoms with Crippen LogP contribution in [-0.2, 0) is 0 Å². The van der Waals surface area contributed by atoms with E-state index in [4.69, 9.17) is 11.6 Å². The van der Waals surface area contributed by atoms with Gasteiger partial charge in [0.2, 0.25) is 0 Å². The summed E-state index contributed by atoms with van der Waals surface area (Å²) in [5, 5.41) is 6.66. The molecule has 0 bridgehead atoms. The van der Waals surface area contributed by atoms with Gasteiger partial charge in [-0.3, -0.25) is 9.36 Å². The molecule has 1 aliphatic rings. The highest BCUT2D eigenvalue weighted by atomic mass is 35.5. The Kier molecular flexibility index (Phi) is 5.36. The number of anilines is 3. The lowest BCUT2D eigenvalue weighted by Gasteiger charge is -2.16. The van der Waals surface area contributed by atoms with Crippen LogP contribution in [-0.4, -0.2) is 36.0 Å². The third kappa shape index (κ3) is 4.14. The van der Waals surface area contributed by atoms with Crippen molar-refractivity contribution in [2.75, 3.05) is 35.8 Å². The first kappa shape index (κ1) is 22.1. The van der Waals surface area contributed by atoms with Gasteiger partial charge < -0.3 is 15.5 Å². The van der Waals surface area contributed by atoms with Gasteiger partial charge in [0.25, 0.3) is 5.56 Å². The van der Waals surface area contributed by atoms with Crippen LogP contribution in [0.2, 0.25) is 5.02 Å². The van der Waals surface area contributed by atoms with E-state index in [0.717, 1.165) is 11.4 Å². The van der Waals surface area contributed by atoms with Crippen LogP contribution in [0.1, 0.15) is 0 Å². The number of nitrogens with one attached hydrogen (secondary N) is 2. The van der Waals surface area contributed by atoms with Gasteiger partial charge in [-0.25, -0.2) is 4.98 Å². The van der Waals surface area contributed by atoms with Crippen LogP contribution >= 0.6 is 11.6 Å². The van der Waals surface area contributed by atoms with Crippen molar-refractivity contribution in [1.29, 1.82) is 0 Å². The zero-order valence-corrected chi connectivity index (χ0v) is 18.7. The molecule has 34 heavy (non-hydrogen) atoms. The molecule has 1 aliphatic heterocycles. The maximum absolute atomic E-state index is 13.7. The largest absolute Gasteiger partial charge is 0.405 e. The molecule has 0 unspecified atom stereocenters. The maximum Gasteiger partial charge on any atom is 0.405 e. The maximum atomic E-state index is 13.7. The van der Waals surface area contributed by atoms with E-state index in [1.807, 2.05) is 30.1 Å². The fraction of sp³-hybridized carbons (Fsp3) is 0.167. The molecule has 2 N–H and O–H groups in total. The molecule has 0 atom stereocenters. The first-order valence-corrected chi connectivity index (χ1v) is 10.8. The van der Waals surface area contributed by atoms with E-state index in [0.29, 0.717) is 33.8 Å². The van der Waals surface area contributed by atoms with E-state index in [1.165, 1.54) is 10.6 Å². The van der Waals surface area contributed by atoms with Gasteiger partial charge in [-0.05, 0) is 48.0 Å². The van der Waals surface area contributed by atoms with Crippen LogP contribution in [0.25, 0.3) is 27.7 Å². The average Bonchev–Trinajstić information content (AvgIpc) is 3.18. The van der Waals surface area contributed by atoms with Gasteiger partial charge in [0.15, 0.2) is 0 Å². The number of fused-ring (bicyclic) bond motifs is 2. The van der Waals surface area contributed by atoms with Crippen molar-refractivity contribution in [3.8, 4) is 16.8 Å². The fourth-order valence-corrected chi connectivity index (χ4v) is 4.10. The van der Waals surface area contributed by atoms with Crippen LogP contribution in [0.15, 0.2) is 65.6 Å². The Morgan fingerprint density at radius 1 is 1.12 bits per heavy atom. The van der Waals surface area contributed by atoms with Crippen molar-refractivity contribution >= 4 is 39.7 Å². The highest BCUT2D eigenvalue weighted by molar-refractivity contribution is 6.30. The topological polar surface area (TPSA) is 62.2 Å². The van der Waals surface area contributed by atoms with Crippen LogP contribution in [0.5, 0.6) is 0 Å². The van der Waals surface area contributed by atoms with Crippen LogP contribution in [0.3, 0.4) is 0 Å². The van der Waals surface area contributed by atoms with E-state index in [1.54, 1.807) is 36.5 Å². The third-order valence-electron chi connectivity index (χ3n) is 5.64. The average molecular weight is 486 g/mol. The highest BCUT2D eigenvalue weighted by Crippen LogP contribution is 2.33. The lowest BCUT2D eigenvalue weighted by Crippen LogP contribution is -2.23.